The molecule has 0 aliphatic rings. The average molecular weight is 397 g/mol. The molecule has 0 atom stereocenters. The van der Waals surface area contributed by atoms with E-state index in [1.54, 1.807) is 0 Å². The van der Waals surface area contributed by atoms with E-state index in [9.17, 15) is 3.47 Å². The molecule has 0 spiro atoms. The van der Waals surface area contributed by atoms with Crippen molar-refractivity contribution in [3.8, 4) is 0 Å². The van der Waals surface area contributed by atoms with Crippen LogP contribution < -0.4 is 0 Å². The van der Waals surface area contributed by atoms with Crippen LogP contribution in [0.2, 0.25) is 0 Å². The number of halogens is 3. The van der Waals surface area contributed by atoms with Crippen LogP contribution >= 0.6 is 28.6 Å². The third kappa shape index (κ3) is 2.13. The summed E-state index contributed by atoms with van der Waals surface area (Å²) in [4.78, 5) is 0. The monoisotopic (exact) mass is 396 g/mol. The minimum atomic E-state index is -5.85. The molecule has 74 valence electrons. The van der Waals surface area contributed by atoms with Gasteiger partial charge in [0, 0.05) is 0 Å². The second-order valence-electron chi connectivity index (χ2n) is 2.50. The molecule has 11 heavy (non-hydrogen) atoms. The third-order valence-electron chi connectivity index (χ3n) is 1.35. The molecule has 0 heterocycles. The number of hydrogen-bond donors (Lipinski definition) is 0. The Kier molecular flexibility index (Phi) is 2.66. The molecular weight excluding hydrogens is 385 g/mol. The fraction of sp³-hybridized carbons (Fsp3) is 1.00. The normalized spacial score (nSPS) is 20.1. The van der Waals surface area contributed by atoms with Gasteiger partial charge in [0.1, 0.15) is 0 Å². The van der Waals surface area contributed by atoms with E-state index in [4.69, 9.17) is 28.6 Å². The summed E-state index contributed by atoms with van der Waals surface area (Å²) < 4.78 is 14.3. The van der Waals surface area contributed by atoms with Gasteiger partial charge in [-0.05, 0) is 0 Å². The van der Waals surface area contributed by atoms with Crippen molar-refractivity contribution in [3.63, 3.8) is 0 Å². The summed E-state index contributed by atoms with van der Waals surface area (Å²) in [5, 5.41) is 0. The van der Waals surface area contributed by atoms with E-state index in [-0.39, 0.29) is 0 Å². The summed E-state index contributed by atoms with van der Waals surface area (Å²) in [6.45, 7) is 0. The Morgan fingerprint density at radius 3 is 1.09 bits per heavy atom. The van der Waals surface area contributed by atoms with E-state index >= 15 is 0 Å². The van der Waals surface area contributed by atoms with Gasteiger partial charge in [-0.2, -0.15) is 0 Å². The zero-order chi connectivity index (χ0) is 9.56. The van der Waals surface area contributed by atoms with E-state index in [2.05, 4.69) is 0 Å². The topological polar surface area (TPSA) is 23.6 Å². The van der Waals surface area contributed by atoms with Crippen LogP contribution in [0.1, 0.15) is 0 Å². The Labute approximate surface area is 77.5 Å². The Hall–Kier alpha value is 1.25. The predicted molar refractivity (Wildman–Crippen MR) is 45.6 cm³/mol. The number of hydrogen-bond acceptors (Lipinski definition) is 1. The second-order valence-corrected chi connectivity index (χ2v) is 33.8. The van der Waals surface area contributed by atoms with E-state index in [0.29, 0.717) is 0 Å². The van der Waals surface area contributed by atoms with E-state index in [1.165, 1.54) is 35.3 Å². The van der Waals surface area contributed by atoms with Gasteiger partial charge in [0.25, 0.3) is 0 Å². The fourth-order valence-electron chi connectivity index (χ4n) is 0.302. The van der Waals surface area contributed by atoms with Crippen molar-refractivity contribution in [3.05, 3.63) is 0 Å². The standard InChI is InChI=1S/2C2H6N.3ClH.O.Re/c2*1-3-2;;;;;/h2*1-2H3;3*1H;;/q2*-1;;;;;+3/p-3. The van der Waals surface area contributed by atoms with Gasteiger partial charge < -0.3 is 0 Å². The molecule has 0 fully saturated rings. The molecule has 0 radical (unpaired) electrons. The van der Waals surface area contributed by atoms with Gasteiger partial charge in [0.05, 0.1) is 0 Å². The molecular formula is C4H12Cl3N2ORe-2. The van der Waals surface area contributed by atoms with Gasteiger partial charge in [-0.3, -0.25) is 0 Å². The molecule has 0 unspecified atom stereocenters. The van der Waals surface area contributed by atoms with Crippen molar-refractivity contribution in [2.75, 3.05) is 28.2 Å². The van der Waals surface area contributed by atoms with Gasteiger partial charge in [-0.1, -0.05) is 0 Å². The molecule has 7 heteroatoms. The predicted octanol–water partition coefficient (Wildman–Crippen LogP) is 1.97. The van der Waals surface area contributed by atoms with Gasteiger partial charge in [0.15, 0.2) is 0 Å². The van der Waals surface area contributed by atoms with E-state index in [1.807, 2.05) is 0 Å². The van der Waals surface area contributed by atoms with Crippen LogP contribution in [-0.2, 0) is 14.0 Å². The Balaban J connectivity index is 5.40. The van der Waals surface area contributed by atoms with Crippen LogP contribution in [0, 0.1) is 0 Å². The summed E-state index contributed by atoms with van der Waals surface area (Å²) in [6.07, 6.45) is 0. The van der Waals surface area contributed by atoms with Gasteiger partial charge in [0.2, 0.25) is 0 Å². The summed E-state index contributed by atoms with van der Waals surface area (Å²) in [5.41, 5.74) is 0. The fourth-order valence-corrected chi connectivity index (χ4v) is 2.48. The molecule has 0 aromatic carbocycles. The van der Waals surface area contributed by atoms with Gasteiger partial charge in [-0.15, -0.1) is 0 Å². The summed E-state index contributed by atoms with van der Waals surface area (Å²) in [5.74, 6) is 0. The van der Waals surface area contributed by atoms with Gasteiger partial charge >= 0.3 is 77.8 Å². The molecule has 0 aromatic heterocycles. The van der Waals surface area contributed by atoms with Crippen molar-refractivity contribution in [2.24, 2.45) is 0 Å². The number of nitrogens with zero attached hydrogens (tertiary/aromatic N) is 2. The average Bonchev–Trinajstić information content (AvgIpc) is 1.61. The van der Waals surface area contributed by atoms with Crippen LogP contribution in [0.5, 0.6) is 0 Å². The molecule has 0 amide bonds. The molecule has 0 N–H and O–H groups in total. The Morgan fingerprint density at radius 2 is 1.09 bits per heavy atom. The first kappa shape index (κ1) is 12.3. The van der Waals surface area contributed by atoms with E-state index in [0.717, 1.165) is 0 Å². The van der Waals surface area contributed by atoms with Crippen molar-refractivity contribution in [1.29, 1.82) is 0 Å². The first-order valence-corrected chi connectivity index (χ1v) is 16.3. The van der Waals surface area contributed by atoms with Crippen LogP contribution in [0.3, 0.4) is 0 Å². The minimum absolute atomic E-state index is 1.17. The van der Waals surface area contributed by atoms with Gasteiger partial charge in [-0.25, -0.2) is 0 Å². The first-order valence-electron chi connectivity index (χ1n) is 2.71. The first-order chi connectivity index (χ1) is 4.41. The second kappa shape index (κ2) is 2.39. The third-order valence-corrected chi connectivity index (χ3v) is 23.6. The summed E-state index contributed by atoms with van der Waals surface area (Å²) in [7, 11) is 17.3. The van der Waals surface area contributed by atoms with Crippen LogP contribution in [0.15, 0.2) is 0 Å². The maximum absolute atomic E-state index is 12.0. The van der Waals surface area contributed by atoms with E-state index < -0.39 is 10.5 Å². The van der Waals surface area contributed by atoms with Crippen LogP contribution in [0.4, 0.5) is 0 Å². The molecule has 0 saturated heterocycles. The SMILES string of the molecule is C[N](C)[Re-2](=[O])([Cl])([Cl])([Cl])[N](C)C. The molecule has 0 rings (SSSR count). The zero-order valence-electron chi connectivity index (χ0n) is 6.81. The van der Waals surface area contributed by atoms with Crippen molar-refractivity contribution >= 4 is 28.6 Å². The van der Waals surface area contributed by atoms with Crippen LogP contribution in [-0.4, -0.2) is 35.3 Å². The quantitative estimate of drug-likeness (QED) is 0.713. The Bertz CT molecular complexity index is 226. The molecule has 0 saturated carbocycles. The van der Waals surface area contributed by atoms with Crippen molar-refractivity contribution in [2.45, 2.75) is 0 Å². The molecule has 0 bridgehead atoms. The van der Waals surface area contributed by atoms with Crippen LogP contribution in [0.25, 0.3) is 0 Å². The summed E-state index contributed by atoms with van der Waals surface area (Å²) >= 11 is 0. The Morgan fingerprint density at radius 1 is 0.909 bits per heavy atom. The van der Waals surface area contributed by atoms with Crippen molar-refractivity contribution in [1.82, 2.24) is 7.07 Å². The summed E-state index contributed by atoms with van der Waals surface area (Å²) in [6, 6.07) is 0. The molecule has 0 aliphatic heterocycles. The molecule has 0 aromatic rings. The molecule has 0 aliphatic carbocycles. The molecule has 3 nitrogen and oxygen atoms in total. The number of rotatable bonds is 2. The van der Waals surface area contributed by atoms with Crippen molar-refractivity contribution < 1.29 is 14.0 Å². The zero-order valence-corrected chi connectivity index (χ0v) is 11.8. The maximum atomic E-state index is 12.0.